The van der Waals surface area contributed by atoms with E-state index in [1.54, 1.807) is 0 Å². The van der Waals surface area contributed by atoms with Crippen LogP contribution in [0.2, 0.25) is 0 Å². The fourth-order valence-electron chi connectivity index (χ4n) is 1.86. The molecule has 1 aliphatic heterocycles. The van der Waals surface area contributed by atoms with Crippen LogP contribution in [0.1, 0.15) is 49.6 Å². The first-order valence-corrected chi connectivity index (χ1v) is 7.00. The van der Waals surface area contributed by atoms with Gasteiger partial charge in [0.25, 0.3) is 0 Å². The third kappa shape index (κ3) is 3.22. The Morgan fingerprint density at radius 3 is 3.19 bits per heavy atom. The zero-order chi connectivity index (χ0) is 11.4. The summed E-state index contributed by atoms with van der Waals surface area (Å²) in [6, 6.07) is 0.257. The molecule has 1 fully saturated rings. The molecule has 0 spiro atoms. The molecular formula is C11H19N3OS. The number of aryl methyl sites for hydroxylation is 1. The van der Waals surface area contributed by atoms with Crippen molar-refractivity contribution in [2.75, 3.05) is 5.75 Å². The first-order valence-electron chi connectivity index (χ1n) is 5.95. The summed E-state index contributed by atoms with van der Waals surface area (Å²) in [7, 11) is 0. The number of hydrogen-bond donors (Lipinski definition) is 1. The number of nitrogens with zero attached hydrogens (tertiary/aromatic N) is 2. The highest BCUT2D eigenvalue weighted by molar-refractivity contribution is 7.99. The van der Waals surface area contributed by atoms with Crippen molar-refractivity contribution >= 4 is 11.8 Å². The Labute approximate surface area is 100 Å². The molecule has 0 aromatic carbocycles. The summed E-state index contributed by atoms with van der Waals surface area (Å²) in [5, 5.41) is 4.52. The second-order valence-corrected chi connectivity index (χ2v) is 5.73. The molecule has 5 heteroatoms. The third-order valence-corrected chi connectivity index (χ3v) is 4.12. The predicted molar refractivity (Wildman–Crippen MR) is 65.3 cm³/mol. The zero-order valence-electron chi connectivity index (χ0n) is 9.69. The molecule has 0 saturated carbocycles. The highest BCUT2D eigenvalue weighted by Gasteiger charge is 2.22. The van der Waals surface area contributed by atoms with Crippen LogP contribution in [0.5, 0.6) is 0 Å². The Kier molecular flexibility index (Phi) is 4.23. The van der Waals surface area contributed by atoms with Crippen LogP contribution in [0.4, 0.5) is 0 Å². The number of hydrogen-bond acceptors (Lipinski definition) is 5. The number of rotatable bonds is 5. The molecule has 2 heterocycles. The van der Waals surface area contributed by atoms with Crippen molar-refractivity contribution in [3.8, 4) is 0 Å². The van der Waals surface area contributed by atoms with Crippen LogP contribution in [-0.4, -0.2) is 21.9 Å². The molecule has 0 radical (unpaired) electrons. The van der Waals surface area contributed by atoms with Crippen molar-refractivity contribution in [1.29, 1.82) is 0 Å². The second-order valence-electron chi connectivity index (χ2n) is 4.42. The van der Waals surface area contributed by atoms with Crippen LogP contribution < -0.4 is 5.73 Å². The van der Waals surface area contributed by atoms with E-state index < -0.39 is 0 Å². The summed E-state index contributed by atoms with van der Waals surface area (Å²) < 4.78 is 5.24. The van der Waals surface area contributed by atoms with Gasteiger partial charge in [0.1, 0.15) is 0 Å². The molecule has 0 bridgehead atoms. The summed E-state index contributed by atoms with van der Waals surface area (Å²) in [5.41, 5.74) is 5.69. The first kappa shape index (κ1) is 11.9. The van der Waals surface area contributed by atoms with Crippen LogP contribution in [0.15, 0.2) is 4.52 Å². The lowest BCUT2D eigenvalue weighted by Crippen LogP contribution is -2.14. The van der Waals surface area contributed by atoms with Gasteiger partial charge in [0, 0.05) is 12.5 Å². The Bertz CT molecular complexity index is 321. The molecule has 4 nitrogen and oxygen atoms in total. The van der Waals surface area contributed by atoms with Crippen LogP contribution in [0.3, 0.4) is 0 Å². The second kappa shape index (κ2) is 5.68. The quantitative estimate of drug-likeness (QED) is 0.857. The maximum Gasteiger partial charge on any atom is 0.226 e. The third-order valence-electron chi connectivity index (χ3n) is 2.75. The standard InChI is InChI=1S/C11H19N3OS/c1-8(12)4-2-6-10-13-11(14-15-10)9-5-3-7-16-9/h8-9H,2-7,12H2,1H3. The Hall–Kier alpha value is -0.550. The van der Waals surface area contributed by atoms with Gasteiger partial charge in [-0.25, -0.2) is 0 Å². The van der Waals surface area contributed by atoms with E-state index in [4.69, 9.17) is 10.3 Å². The van der Waals surface area contributed by atoms with Gasteiger partial charge in [-0.05, 0) is 38.4 Å². The van der Waals surface area contributed by atoms with Crippen molar-refractivity contribution in [3.63, 3.8) is 0 Å². The summed E-state index contributed by atoms with van der Waals surface area (Å²) in [5.74, 6) is 2.88. The maximum atomic E-state index is 5.69. The van der Waals surface area contributed by atoms with Crippen LogP contribution in [0.25, 0.3) is 0 Å². The topological polar surface area (TPSA) is 64.9 Å². The van der Waals surface area contributed by atoms with Gasteiger partial charge in [-0.2, -0.15) is 16.7 Å². The smallest absolute Gasteiger partial charge is 0.226 e. The molecule has 1 aromatic rings. The predicted octanol–water partition coefficient (Wildman–Crippen LogP) is 2.31. The average Bonchev–Trinajstić information content (AvgIpc) is 2.85. The fourth-order valence-corrected chi connectivity index (χ4v) is 3.05. The molecule has 2 N–H and O–H groups in total. The van der Waals surface area contributed by atoms with Crippen molar-refractivity contribution in [3.05, 3.63) is 11.7 Å². The molecule has 1 saturated heterocycles. The Morgan fingerprint density at radius 1 is 1.62 bits per heavy atom. The fraction of sp³-hybridized carbons (Fsp3) is 0.818. The molecule has 0 aliphatic carbocycles. The van der Waals surface area contributed by atoms with E-state index in [2.05, 4.69) is 10.1 Å². The van der Waals surface area contributed by atoms with Gasteiger partial charge in [0.15, 0.2) is 5.82 Å². The maximum absolute atomic E-state index is 5.69. The van der Waals surface area contributed by atoms with E-state index in [0.717, 1.165) is 31.0 Å². The van der Waals surface area contributed by atoms with E-state index >= 15 is 0 Å². The summed E-state index contributed by atoms with van der Waals surface area (Å²) in [6.45, 7) is 2.02. The largest absolute Gasteiger partial charge is 0.339 e. The van der Waals surface area contributed by atoms with Crippen molar-refractivity contribution in [2.45, 2.75) is 50.3 Å². The molecule has 2 rings (SSSR count). The van der Waals surface area contributed by atoms with E-state index in [0.29, 0.717) is 5.25 Å². The number of aromatic nitrogens is 2. The lowest BCUT2D eigenvalue weighted by atomic mass is 10.1. The van der Waals surface area contributed by atoms with E-state index in [1.807, 2.05) is 18.7 Å². The molecule has 90 valence electrons. The Morgan fingerprint density at radius 2 is 2.50 bits per heavy atom. The summed E-state index contributed by atoms with van der Waals surface area (Å²) in [4.78, 5) is 4.45. The average molecular weight is 241 g/mol. The van der Waals surface area contributed by atoms with Gasteiger partial charge >= 0.3 is 0 Å². The minimum absolute atomic E-state index is 0.257. The van der Waals surface area contributed by atoms with Gasteiger partial charge in [-0.3, -0.25) is 0 Å². The van der Waals surface area contributed by atoms with Crippen LogP contribution >= 0.6 is 11.8 Å². The van der Waals surface area contributed by atoms with E-state index in [-0.39, 0.29) is 6.04 Å². The molecule has 2 unspecified atom stereocenters. The van der Waals surface area contributed by atoms with Crippen LogP contribution in [-0.2, 0) is 6.42 Å². The number of nitrogens with two attached hydrogens (primary N) is 1. The van der Waals surface area contributed by atoms with E-state index in [1.165, 1.54) is 18.6 Å². The number of thioether (sulfide) groups is 1. The van der Waals surface area contributed by atoms with Gasteiger partial charge in [-0.1, -0.05) is 5.16 Å². The van der Waals surface area contributed by atoms with Gasteiger partial charge in [0.2, 0.25) is 5.89 Å². The lowest BCUT2D eigenvalue weighted by Gasteiger charge is -2.01. The van der Waals surface area contributed by atoms with Crippen LogP contribution in [0, 0.1) is 0 Å². The molecular weight excluding hydrogens is 222 g/mol. The first-order chi connectivity index (χ1) is 7.75. The van der Waals surface area contributed by atoms with Gasteiger partial charge in [0.05, 0.1) is 5.25 Å². The highest BCUT2D eigenvalue weighted by Crippen LogP contribution is 2.38. The Balaban J connectivity index is 1.82. The van der Waals surface area contributed by atoms with Crippen molar-refractivity contribution in [1.82, 2.24) is 10.1 Å². The minimum atomic E-state index is 0.257. The zero-order valence-corrected chi connectivity index (χ0v) is 10.5. The summed E-state index contributed by atoms with van der Waals surface area (Å²) >= 11 is 1.93. The van der Waals surface area contributed by atoms with Crippen molar-refractivity contribution in [2.24, 2.45) is 5.73 Å². The monoisotopic (exact) mass is 241 g/mol. The minimum Gasteiger partial charge on any atom is -0.339 e. The molecule has 16 heavy (non-hydrogen) atoms. The summed E-state index contributed by atoms with van der Waals surface area (Å²) in [6.07, 6.45) is 5.34. The van der Waals surface area contributed by atoms with Crippen molar-refractivity contribution < 1.29 is 4.52 Å². The van der Waals surface area contributed by atoms with Gasteiger partial charge < -0.3 is 10.3 Å². The molecule has 0 amide bonds. The van der Waals surface area contributed by atoms with Gasteiger partial charge in [-0.15, -0.1) is 0 Å². The van der Waals surface area contributed by atoms with E-state index in [9.17, 15) is 0 Å². The highest BCUT2D eigenvalue weighted by atomic mass is 32.2. The molecule has 2 atom stereocenters. The normalized spacial score (nSPS) is 22.5. The molecule has 1 aliphatic rings. The SMILES string of the molecule is CC(N)CCCc1nc(C2CCCS2)no1. The lowest BCUT2D eigenvalue weighted by molar-refractivity contribution is 0.367. The molecule has 1 aromatic heterocycles.